The molecule has 0 radical (unpaired) electrons. The molecule has 0 spiro atoms. The maximum absolute atomic E-state index is 12.7. The lowest BCUT2D eigenvalue weighted by Crippen LogP contribution is -2.04. The van der Waals surface area contributed by atoms with Gasteiger partial charge in [-0.25, -0.2) is 0 Å². The molecule has 3 aromatic rings. The molecule has 1 unspecified atom stereocenters. The number of methoxy groups -OCH3 is 1. The summed E-state index contributed by atoms with van der Waals surface area (Å²) >= 11 is 2.14. The molecule has 22 heavy (non-hydrogen) atoms. The van der Waals surface area contributed by atoms with Gasteiger partial charge >= 0.3 is 0 Å². The normalized spacial score (nSPS) is 11.2. The van der Waals surface area contributed by atoms with Crippen molar-refractivity contribution in [2.75, 3.05) is 7.11 Å². The standard InChI is InChI=1S/C16H12IO4P/c1-19-11-4-2-3-10(7-11)14-9-20-15-8-12(21-22-17)5-6-13(15)16(14)18/h2-9,22H,1H3. The third-order valence-corrected chi connectivity index (χ3v) is 4.26. The first-order valence-corrected chi connectivity index (χ1v) is 10.5. The van der Waals surface area contributed by atoms with E-state index < -0.39 is 0 Å². The number of hydrogen-bond acceptors (Lipinski definition) is 4. The molecule has 4 nitrogen and oxygen atoms in total. The molecule has 1 aromatic heterocycles. The van der Waals surface area contributed by atoms with Gasteiger partial charge in [-0.15, -0.1) is 0 Å². The second-order valence-corrected chi connectivity index (χ2v) is 6.23. The number of benzene rings is 2. The lowest BCUT2D eigenvalue weighted by molar-refractivity contribution is 0.415. The molecule has 3 rings (SSSR count). The topological polar surface area (TPSA) is 48.7 Å². The van der Waals surface area contributed by atoms with Crippen molar-refractivity contribution in [2.45, 2.75) is 0 Å². The van der Waals surface area contributed by atoms with Crippen molar-refractivity contribution in [2.24, 2.45) is 0 Å². The van der Waals surface area contributed by atoms with Gasteiger partial charge in [0.25, 0.3) is 0 Å². The van der Waals surface area contributed by atoms with Gasteiger partial charge in [-0.1, -0.05) is 12.1 Å². The molecule has 0 aliphatic carbocycles. The summed E-state index contributed by atoms with van der Waals surface area (Å²) in [4.78, 5) is 12.7. The molecule has 1 atom stereocenters. The average Bonchev–Trinajstić information content (AvgIpc) is 2.55. The third-order valence-electron chi connectivity index (χ3n) is 3.28. The van der Waals surface area contributed by atoms with Crippen molar-refractivity contribution in [1.82, 2.24) is 0 Å². The van der Waals surface area contributed by atoms with E-state index in [9.17, 15) is 4.79 Å². The molecule has 6 heteroatoms. The van der Waals surface area contributed by atoms with Gasteiger partial charge in [-0.3, -0.25) is 4.79 Å². The van der Waals surface area contributed by atoms with Crippen LogP contribution in [0.25, 0.3) is 22.1 Å². The molecule has 0 aliphatic rings. The van der Waals surface area contributed by atoms with Crippen molar-refractivity contribution in [1.29, 1.82) is 0 Å². The molecular formula is C16H12IO4P. The first-order chi connectivity index (χ1) is 10.7. The Morgan fingerprint density at radius 3 is 2.77 bits per heavy atom. The number of fused-ring (bicyclic) bond motifs is 1. The van der Waals surface area contributed by atoms with Crippen LogP contribution in [0.3, 0.4) is 0 Å². The molecule has 0 amide bonds. The smallest absolute Gasteiger partial charge is 0.200 e. The second-order valence-electron chi connectivity index (χ2n) is 4.55. The molecular weight excluding hydrogens is 414 g/mol. The predicted molar refractivity (Wildman–Crippen MR) is 97.4 cm³/mol. The van der Waals surface area contributed by atoms with Gasteiger partial charge in [0.1, 0.15) is 29.8 Å². The van der Waals surface area contributed by atoms with Gasteiger partial charge in [-0.05, 0) is 51.9 Å². The molecule has 2 aromatic carbocycles. The Labute approximate surface area is 141 Å². The van der Waals surface area contributed by atoms with Gasteiger partial charge < -0.3 is 13.7 Å². The highest BCUT2D eigenvalue weighted by molar-refractivity contribution is 14.2. The fourth-order valence-electron chi connectivity index (χ4n) is 2.21. The van der Waals surface area contributed by atoms with Crippen molar-refractivity contribution >= 4 is 39.5 Å². The molecule has 112 valence electrons. The first-order valence-electron chi connectivity index (χ1n) is 6.45. The van der Waals surface area contributed by atoms with Crippen LogP contribution >= 0.6 is 28.5 Å². The lowest BCUT2D eigenvalue weighted by Gasteiger charge is -2.06. The van der Waals surface area contributed by atoms with Gasteiger partial charge in [-0.2, -0.15) is 0 Å². The average molecular weight is 426 g/mol. The van der Waals surface area contributed by atoms with Crippen LogP contribution in [0.5, 0.6) is 11.5 Å². The zero-order valence-corrected chi connectivity index (χ0v) is 14.8. The van der Waals surface area contributed by atoms with Gasteiger partial charge in [0, 0.05) is 6.07 Å². The minimum Gasteiger partial charge on any atom is -0.497 e. The molecule has 0 N–H and O–H groups in total. The Hall–Kier alpha value is -1.59. The Balaban J connectivity index is 2.14. The maximum atomic E-state index is 12.7. The fraction of sp³-hybridized carbons (Fsp3) is 0.0625. The van der Waals surface area contributed by atoms with Crippen LogP contribution in [0.1, 0.15) is 0 Å². The van der Waals surface area contributed by atoms with Crippen LogP contribution in [0.15, 0.2) is 57.9 Å². The van der Waals surface area contributed by atoms with E-state index in [1.54, 1.807) is 25.3 Å². The van der Waals surface area contributed by atoms with Gasteiger partial charge in [0.15, 0.2) is 5.43 Å². The third kappa shape index (κ3) is 2.96. The summed E-state index contributed by atoms with van der Waals surface area (Å²) in [5.74, 6) is 1.39. The van der Waals surface area contributed by atoms with E-state index in [1.807, 2.05) is 24.3 Å². The van der Waals surface area contributed by atoms with Crippen LogP contribution < -0.4 is 14.7 Å². The molecule has 0 aliphatic heterocycles. The van der Waals surface area contributed by atoms with Crippen LogP contribution in [0.2, 0.25) is 0 Å². The number of rotatable bonds is 4. The number of hydrogen-bond donors (Lipinski definition) is 0. The summed E-state index contributed by atoms with van der Waals surface area (Å²) in [6.07, 6.45) is 1.48. The number of ether oxygens (including phenoxy) is 1. The highest BCUT2D eigenvalue weighted by atomic mass is 127. The Morgan fingerprint density at radius 2 is 2.00 bits per heavy atom. The molecule has 0 bridgehead atoms. The summed E-state index contributed by atoms with van der Waals surface area (Å²) in [5.41, 5.74) is 1.72. The number of halogens is 1. The molecule has 0 saturated carbocycles. The van der Waals surface area contributed by atoms with Gasteiger partial charge in [0.05, 0.1) is 18.1 Å². The molecule has 0 fully saturated rings. The first kappa shape index (κ1) is 15.3. The minimum atomic E-state index is -0.0713. The zero-order valence-electron chi connectivity index (χ0n) is 11.6. The molecule has 1 heterocycles. The van der Waals surface area contributed by atoms with Crippen LogP contribution in [0, 0.1) is 0 Å². The highest BCUT2D eigenvalue weighted by Gasteiger charge is 2.10. The second kappa shape index (κ2) is 6.67. The summed E-state index contributed by atoms with van der Waals surface area (Å²) in [5, 5.41) is 0.532. The zero-order chi connectivity index (χ0) is 15.5. The Bertz CT molecular complexity index is 875. The van der Waals surface area contributed by atoms with E-state index in [4.69, 9.17) is 13.7 Å². The van der Waals surface area contributed by atoms with Crippen LogP contribution in [-0.4, -0.2) is 7.11 Å². The summed E-state index contributed by atoms with van der Waals surface area (Å²) in [7, 11) is 1.59. The van der Waals surface area contributed by atoms with Crippen molar-refractivity contribution in [3.05, 3.63) is 59.0 Å². The van der Waals surface area contributed by atoms with Crippen molar-refractivity contribution in [3.8, 4) is 22.6 Å². The van der Waals surface area contributed by atoms with Crippen LogP contribution in [-0.2, 0) is 0 Å². The summed E-state index contributed by atoms with van der Waals surface area (Å²) < 4.78 is 16.3. The van der Waals surface area contributed by atoms with E-state index in [-0.39, 0.29) is 5.43 Å². The van der Waals surface area contributed by atoms with Gasteiger partial charge in [0.2, 0.25) is 0 Å². The summed E-state index contributed by atoms with van der Waals surface area (Å²) in [6.45, 7) is 0.313. The lowest BCUT2D eigenvalue weighted by atomic mass is 10.1. The Morgan fingerprint density at radius 1 is 1.14 bits per heavy atom. The van der Waals surface area contributed by atoms with Crippen molar-refractivity contribution in [3.63, 3.8) is 0 Å². The van der Waals surface area contributed by atoms with E-state index in [2.05, 4.69) is 22.0 Å². The Kier molecular flexibility index (Phi) is 4.64. The van der Waals surface area contributed by atoms with E-state index in [0.717, 1.165) is 5.56 Å². The van der Waals surface area contributed by atoms with E-state index in [1.165, 1.54) is 6.26 Å². The molecule has 0 saturated heterocycles. The van der Waals surface area contributed by atoms with E-state index in [0.29, 0.717) is 34.5 Å². The quantitative estimate of drug-likeness (QED) is 0.445. The van der Waals surface area contributed by atoms with Crippen molar-refractivity contribution < 1.29 is 13.7 Å². The minimum absolute atomic E-state index is 0.0713. The monoisotopic (exact) mass is 426 g/mol. The fourth-order valence-corrected chi connectivity index (χ4v) is 3.19. The highest BCUT2D eigenvalue weighted by Crippen LogP contribution is 2.30. The predicted octanol–water partition coefficient (Wildman–Crippen LogP) is 4.79. The van der Waals surface area contributed by atoms with E-state index >= 15 is 0 Å². The summed E-state index contributed by atoms with van der Waals surface area (Å²) in [6, 6.07) is 12.6. The largest absolute Gasteiger partial charge is 0.497 e. The van der Waals surface area contributed by atoms with Crippen LogP contribution in [0.4, 0.5) is 0 Å². The SMILES string of the molecule is COc1cccc(-c2coc3cc(OPI)ccc3c2=O)c1. The maximum Gasteiger partial charge on any atom is 0.200 e.